The third-order valence-corrected chi connectivity index (χ3v) is 2.76. The van der Waals surface area contributed by atoms with Crippen LogP contribution in [-0.4, -0.2) is 29.1 Å². The zero-order valence-electron chi connectivity index (χ0n) is 9.13. The largest absolute Gasteiger partial charge is 0.358 e. The van der Waals surface area contributed by atoms with E-state index in [0.717, 1.165) is 31.0 Å². The standard InChI is InChI=1S/C10H16N4O/c1-7-13-8-5-12-4-3-9(8)14(7)6-10(15)11-2/h12H,3-6H2,1-2H3,(H,11,15). The van der Waals surface area contributed by atoms with Crippen molar-refractivity contribution in [1.29, 1.82) is 0 Å². The van der Waals surface area contributed by atoms with Crippen molar-refractivity contribution >= 4 is 5.91 Å². The Morgan fingerprint density at radius 2 is 2.47 bits per heavy atom. The average Bonchev–Trinajstić information content (AvgIpc) is 2.55. The van der Waals surface area contributed by atoms with Crippen molar-refractivity contribution in [2.45, 2.75) is 26.4 Å². The molecule has 5 heteroatoms. The first-order valence-corrected chi connectivity index (χ1v) is 5.18. The number of nitrogens with zero attached hydrogens (tertiary/aromatic N) is 2. The predicted octanol–water partition coefficient (Wildman–Crippen LogP) is -0.417. The average molecular weight is 208 g/mol. The van der Waals surface area contributed by atoms with Gasteiger partial charge in [0.05, 0.1) is 5.69 Å². The molecule has 0 bridgehead atoms. The van der Waals surface area contributed by atoms with E-state index >= 15 is 0 Å². The molecule has 1 aliphatic heterocycles. The summed E-state index contributed by atoms with van der Waals surface area (Å²) in [6, 6.07) is 0. The van der Waals surface area contributed by atoms with Gasteiger partial charge >= 0.3 is 0 Å². The van der Waals surface area contributed by atoms with Crippen LogP contribution in [0.2, 0.25) is 0 Å². The highest BCUT2D eigenvalue weighted by atomic mass is 16.1. The van der Waals surface area contributed by atoms with Gasteiger partial charge in [-0.15, -0.1) is 0 Å². The van der Waals surface area contributed by atoms with Gasteiger partial charge in [-0.2, -0.15) is 0 Å². The molecule has 0 fully saturated rings. The smallest absolute Gasteiger partial charge is 0.239 e. The zero-order chi connectivity index (χ0) is 10.8. The Morgan fingerprint density at radius 1 is 1.67 bits per heavy atom. The van der Waals surface area contributed by atoms with Crippen LogP contribution < -0.4 is 10.6 Å². The van der Waals surface area contributed by atoms with E-state index in [9.17, 15) is 4.79 Å². The van der Waals surface area contributed by atoms with E-state index in [1.807, 2.05) is 11.5 Å². The number of aryl methyl sites for hydroxylation is 1. The summed E-state index contributed by atoms with van der Waals surface area (Å²) in [7, 11) is 1.66. The summed E-state index contributed by atoms with van der Waals surface area (Å²) in [6.45, 7) is 4.11. The van der Waals surface area contributed by atoms with Crippen molar-refractivity contribution < 1.29 is 4.79 Å². The minimum Gasteiger partial charge on any atom is -0.358 e. The molecule has 1 aromatic heterocycles. The number of likely N-dealkylation sites (N-methyl/N-ethyl adjacent to an activating group) is 1. The second-order valence-corrected chi connectivity index (χ2v) is 3.74. The Labute approximate surface area is 88.9 Å². The first-order valence-electron chi connectivity index (χ1n) is 5.18. The van der Waals surface area contributed by atoms with E-state index in [2.05, 4.69) is 15.6 Å². The molecule has 0 unspecified atom stereocenters. The molecular weight excluding hydrogens is 192 g/mol. The van der Waals surface area contributed by atoms with Gasteiger partial charge in [0.1, 0.15) is 12.4 Å². The number of hydrogen-bond acceptors (Lipinski definition) is 3. The summed E-state index contributed by atoms with van der Waals surface area (Å²) in [5, 5.41) is 5.91. The monoisotopic (exact) mass is 208 g/mol. The van der Waals surface area contributed by atoms with Gasteiger partial charge in [-0.1, -0.05) is 0 Å². The molecule has 82 valence electrons. The van der Waals surface area contributed by atoms with Crippen LogP contribution in [0.25, 0.3) is 0 Å². The van der Waals surface area contributed by atoms with Gasteiger partial charge in [0.2, 0.25) is 5.91 Å². The number of imidazole rings is 1. The molecule has 1 amide bonds. The Bertz CT molecular complexity index is 383. The third kappa shape index (κ3) is 1.87. The van der Waals surface area contributed by atoms with Crippen LogP contribution in [-0.2, 0) is 24.3 Å². The van der Waals surface area contributed by atoms with Crippen molar-refractivity contribution in [2.75, 3.05) is 13.6 Å². The summed E-state index contributed by atoms with van der Waals surface area (Å²) in [5.74, 6) is 0.948. The molecule has 0 radical (unpaired) electrons. The maximum Gasteiger partial charge on any atom is 0.239 e. The van der Waals surface area contributed by atoms with Gasteiger partial charge in [0, 0.05) is 32.3 Å². The van der Waals surface area contributed by atoms with E-state index in [4.69, 9.17) is 0 Å². The maximum atomic E-state index is 11.3. The minimum atomic E-state index is 0.0248. The normalized spacial score (nSPS) is 14.8. The second-order valence-electron chi connectivity index (χ2n) is 3.74. The van der Waals surface area contributed by atoms with E-state index in [0.29, 0.717) is 6.54 Å². The topological polar surface area (TPSA) is 59.0 Å². The molecule has 0 aromatic carbocycles. The first kappa shape index (κ1) is 10.2. The highest BCUT2D eigenvalue weighted by molar-refractivity contribution is 5.75. The number of hydrogen-bond donors (Lipinski definition) is 2. The zero-order valence-corrected chi connectivity index (χ0v) is 9.13. The number of fused-ring (bicyclic) bond motifs is 1. The molecule has 0 atom stereocenters. The second kappa shape index (κ2) is 4.02. The van der Waals surface area contributed by atoms with Crippen molar-refractivity contribution in [3.8, 4) is 0 Å². The molecule has 1 aromatic rings. The lowest BCUT2D eigenvalue weighted by Gasteiger charge is -2.15. The fourth-order valence-corrected chi connectivity index (χ4v) is 1.94. The van der Waals surface area contributed by atoms with Gasteiger partial charge < -0.3 is 15.2 Å². The quantitative estimate of drug-likeness (QED) is 0.694. The van der Waals surface area contributed by atoms with Crippen LogP contribution in [0.3, 0.4) is 0 Å². The predicted molar refractivity (Wildman–Crippen MR) is 56.4 cm³/mol. The fourth-order valence-electron chi connectivity index (χ4n) is 1.94. The van der Waals surface area contributed by atoms with Gasteiger partial charge in [0.15, 0.2) is 0 Å². The summed E-state index contributed by atoms with van der Waals surface area (Å²) in [6.07, 6.45) is 0.952. The Balaban J connectivity index is 2.29. The number of carbonyl (C=O) groups is 1. The maximum absolute atomic E-state index is 11.3. The van der Waals surface area contributed by atoms with E-state index < -0.39 is 0 Å². The van der Waals surface area contributed by atoms with E-state index in [1.165, 1.54) is 5.69 Å². The van der Waals surface area contributed by atoms with Gasteiger partial charge in [0.25, 0.3) is 0 Å². The lowest BCUT2D eigenvalue weighted by atomic mass is 10.2. The third-order valence-electron chi connectivity index (χ3n) is 2.76. The molecule has 2 N–H and O–H groups in total. The van der Waals surface area contributed by atoms with Crippen molar-refractivity contribution in [2.24, 2.45) is 0 Å². The molecule has 2 heterocycles. The van der Waals surface area contributed by atoms with Crippen LogP contribution in [0.4, 0.5) is 0 Å². The highest BCUT2D eigenvalue weighted by Crippen LogP contribution is 2.15. The van der Waals surface area contributed by atoms with Crippen molar-refractivity contribution in [3.63, 3.8) is 0 Å². The fraction of sp³-hybridized carbons (Fsp3) is 0.600. The molecule has 15 heavy (non-hydrogen) atoms. The number of amides is 1. The molecule has 0 spiro atoms. The molecule has 5 nitrogen and oxygen atoms in total. The van der Waals surface area contributed by atoms with E-state index in [-0.39, 0.29) is 5.91 Å². The van der Waals surface area contributed by atoms with Crippen molar-refractivity contribution in [3.05, 3.63) is 17.2 Å². The van der Waals surface area contributed by atoms with Crippen LogP contribution in [0.1, 0.15) is 17.2 Å². The molecule has 2 rings (SSSR count). The Morgan fingerprint density at radius 3 is 3.20 bits per heavy atom. The first-order chi connectivity index (χ1) is 7.22. The molecule has 0 saturated heterocycles. The summed E-state index contributed by atoms with van der Waals surface area (Å²) in [5.41, 5.74) is 2.29. The lowest BCUT2D eigenvalue weighted by molar-refractivity contribution is -0.121. The Hall–Kier alpha value is -1.36. The number of rotatable bonds is 2. The van der Waals surface area contributed by atoms with Gasteiger partial charge in [-0.3, -0.25) is 4.79 Å². The van der Waals surface area contributed by atoms with Gasteiger partial charge in [-0.05, 0) is 6.92 Å². The minimum absolute atomic E-state index is 0.0248. The SMILES string of the molecule is CNC(=O)Cn1c(C)nc2c1CCNC2. The highest BCUT2D eigenvalue weighted by Gasteiger charge is 2.18. The van der Waals surface area contributed by atoms with Gasteiger partial charge in [-0.25, -0.2) is 4.98 Å². The van der Waals surface area contributed by atoms with E-state index in [1.54, 1.807) is 7.05 Å². The number of carbonyl (C=O) groups excluding carboxylic acids is 1. The van der Waals surface area contributed by atoms with Crippen LogP contribution >= 0.6 is 0 Å². The van der Waals surface area contributed by atoms with Crippen LogP contribution in [0, 0.1) is 6.92 Å². The summed E-state index contributed by atoms with van der Waals surface area (Å²) in [4.78, 5) is 15.8. The molecule has 0 saturated carbocycles. The number of aromatic nitrogens is 2. The lowest BCUT2D eigenvalue weighted by Crippen LogP contribution is -2.28. The number of nitrogens with one attached hydrogen (secondary N) is 2. The van der Waals surface area contributed by atoms with Crippen LogP contribution in [0.15, 0.2) is 0 Å². The van der Waals surface area contributed by atoms with Crippen LogP contribution in [0.5, 0.6) is 0 Å². The summed E-state index contributed by atoms with van der Waals surface area (Å²) >= 11 is 0. The molecular formula is C10H16N4O. The molecule has 1 aliphatic rings. The van der Waals surface area contributed by atoms with Crippen molar-refractivity contribution in [1.82, 2.24) is 20.2 Å². The summed E-state index contributed by atoms with van der Waals surface area (Å²) < 4.78 is 2.01. The molecule has 0 aliphatic carbocycles. The Kier molecular flexibility index (Phi) is 2.73.